The molecule has 0 fully saturated rings. The van der Waals surface area contributed by atoms with Crippen molar-refractivity contribution in [3.63, 3.8) is 0 Å². The Balaban J connectivity index is 1.61. The minimum Gasteiger partial charge on any atom is -0.370 e. The minimum atomic E-state index is 0.628. The molecule has 0 radical (unpaired) electrons. The smallest absolute Gasteiger partial charge is 0.191 e. The SMILES string of the molecule is CCN(CC)C(N)=NCc1ccc(CN2CCc3ccccc32)cc1. The number of anilines is 1. The number of hydrogen-bond donors (Lipinski definition) is 1. The molecule has 1 aliphatic heterocycles. The number of para-hydroxylation sites is 1. The lowest BCUT2D eigenvalue weighted by Crippen LogP contribution is -2.37. The first kappa shape index (κ1) is 17.3. The summed E-state index contributed by atoms with van der Waals surface area (Å²) in [5.74, 6) is 0.628. The number of rotatable bonds is 6. The van der Waals surface area contributed by atoms with Gasteiger partial charge in [0, 0.05) is 31.9 Å². The highest BCUT2D eigenvalue weighted by Crippen LogP contribution is 2.28. The van der Waals surface area contributed by atoms with E-state index in [1.165, 1.54) is 22.4 Å². The summed E-state index contributed by atoms with van der Waals surface area (Å²) in [6, 6.07) is 17.4. The highest BCUT2D eigenvalue weighted by Gasteiger charge is 2.17. The van der Waals surface area contributed by atoms with Gasteiger partial charge in [-0.3, -0.25) is 0 Å². The molecule has 0 spiro atoms. The molecular weight excluding hydrogens is 308 g/mol. The fraction of sp³-hybridized carbons (Fsp3) is 0.381. The number of nitrogens with two attached hydrogens (primary N) is 1. The molecule has 3 rings (SSSR count). The van der Waals surface area contributed by atoms with E-state index in [2.05, 4.69) is 77.2 Å². The first-order valence-electron chi connectivity index (χ1n) is 9.16. The fourth-order valence-corrected chi connectivity index (χ4v) is 3.36. The quantitative estimate of drug-likeness (QED) is 0.649. The van der Waals surface area contributed by atoms with Gasteiger partial charge in [0.25, 0.3) is 0 Å². The molecule has 0 unspecified atom stereocenters. The van der Waals surface area contributed by atoms with Gasteiger partial charge in [0.2, 0.25) is 0 Å². The zero-order chi connectivity index (χ0) is 17.6. The molecular formula is C21H28N4. The maximum atomic E-state index is 6.04. The number of aliphatic imine (C=N–C) groups is 1. The van der Waals surface area contributed by atoms with Crippen LogP contribution >= 0.6 is 0 Å². The van der Waals surface area contributed by atoms with E-state index in [1.54, 1.807) is 0 Å². The minimum absolute atomic E-state index is 0.628. The summed E-state index contributed by atoms with van der Waals surface area (Å²) in [4.78, 5) is 9.04. The van der Waals surface area contributed by atoms with Gasteiger partial charge in [0.15, 0.2) is 5.96 Å². The van der Waals surface area contributed by atoms with Crippen molar-refractivity contribution in [1.29, 1.82) is 0 Å². The summed E-state index contributed by atoms with van der Waals surface area (Å²) in [5, 5.41) is 0. The largest absolute Gasteiger partial charge is 0.370 e. The summed E-state index contributed by atoms with van der Waals surface area (Å²) in [7, 11) is 0. The molecule has 1 aliphatic rings. The Labute approximate surface area is 151 Å². The Morgan fingerprint density at radius 3 is 2.44 bits per heavy atom. The van der Waals surface area contributed by atoms with Crippen LogP contribution in [0.3, 0.4) is 0 Å². The van der Waals surface area contributed by atoms with Crippen molar-refractivity contribution in [1.82, 2.24) is 4.90 Å². The van der Waals surface area contributed by atoms with Crippen molar-refractivity contribution in [3.8, 4) is 0 Å². The summed E-state index contributed by atoms with van der Waals surface area (Å²) < 4.78 is 0. The summed E-state index contributed by atoms with van der Waals surface area (Å²) in [6.45, 7) is 8.67. The van der Waals surface area contributed by atoms with Crippen LogP contribution in [-0.4, -0.2) is 30.5 Å². The Bertz CT molecular complexity index is 717. The van der Waals surface area contributed by atoms with Crippen molar-refractivity contribution < 1.29 is 0 Å². The molecule has 0 amide bonds. The van der Waals surface area contributed by atoms with Crippen LogP contribution in [0.25, 0.3) is 0 Å². The zero-order valence-corrected chi connectivity index (χ0v) is 15.3. The molecule has 0 bridgehead atoms. The van der Waals surface area contributed by atoms with Crippen molar-refractivity contribution in [3.05, 3.63) is 65.2 Å². The molecule has 0 saturated carbocycles. The number of nitrogens with zero attached hydrogens (tertiary/aromatic N) is 3. The van der Waals surface area contributed by atoms with E-state index in [9.17, 15) is 0 Å². The number of benzene rings is 2. The third-order valence-electron chi connectivity index (χ3n) is 4.89. The topological polar surface area (TPSA) is 44.9 Å². The maximum Gasteiger partial charge on any atom is 0.191 e. The Morgan fingerprint density at radius 2 is 1.72 bits per heavy atom. The van der Waals surface area contributed by atoms with Gasteiger partial charge in [-0.05, 0) is 43.0 Å². The average molecular weight is 336 g/mol. The van der Waals surface area contributed by atoms with Crippen LogP contribution in [-0.2, 0) is 19.5 Å². The lowest BCUT2D eigenvalue weighted by molar-refractivity contribution is 0.458. The number of hydrogen-bond acceptors (Lipinski definition) is 2. The summed E-state index contributed by atoms with van der Waals surface area (Å²) in [5.41, 5.74) is 11.4. The van der Waals surface area contributed by atoms with Crippen LogP contribution in [0.1, 0.15) is 30.5 Å². The van der Waals surface area contributed by atoms with Gasteiger partial charge in [0.1, 0.15) is 0 Å². The third kappa shape index (κ3) is 4.13. The fourth-order valence-electron chi connectivity index (χ4n) is 3.36. The maximum absolute atomic E-state index is 6.04. The van der Waals surface area contributed by atoms with E-state index in [0.29, 0.717) is 12.5 Å². The second kappa shape index (κ2) is 8.06. The zero-order valence-electron chi connectivity index (χ0n) is 15.3. The predicted octanol–water partition coefficient (Wildman–Crippen LogP) is 3.41. The Kier molecular flexibility index (Phi) is 5.59. The molecule has 0 atom stereocenters. The molecule has 2 N–H and O–H groups in total. The van der Waals surface area contributed by atoms with Gasteiger partial charge >= 0.3 is 0 Å². The highest BCUT2D eigenvalue weighted by molar-refractivity contribution is 5.78. The molecule has 0 aromatic heterocycles. The van der Waals surface area contributed by atoms with Crippen LogP contribution in [0.4, 0.5) is 5.69 Å². The number of fused-ring (bicyclic) bond motifs is 1. The second-order valence-corrected chi connectivity index (χ2v) is 6.46. The summed E-state index contributed by atoms with van der Waals surface area (Å²) >= 11 is 0. The van der Waals surface area contributed by atoms with Crippen LogP contribution < -0.4 is 10.6 Å². The Hall–Kier alpha value is -2.49. The van der Waals surface area contributed by atoms with Gasteiger partial charge in [-0.1, -0.05) is 42.5 Å². The van der Waals surface area contributed by atoms with E-state index in [1.807, 2.05) is 0 Å². The van der Waals surface area contributed by atoms with Gasteiger partial charge < -0.3 is 15.5 Å². The standard InChI is InChI=1S/C21H28N4/c1-3-24(4-2)21(22)23-15-17-9-11-18(12-10-17)16-25-14-13-19-7-5-6-8-20(19)25/h5-12H,3-4,13-16H2,1-2H3,(H2,22,23). The van der Waals surface area contributed by atoms with Crippen LogP contribution in [0, 0.1) is 0 Å². The van der Waals surface area contributed by atoms with E-state index in [0.717, 1.165) is 32.6 Å². The molecule has 2 aromatic carbocycles. The van der Waals surface area contributed by atoms with Crippen molar-refractivity contribution >= 4 is 11.6 Å². The lowest BCUT2D eigenvalue weighted by atomic mass is 10.1. The molecule has 0 aliphatic carbocycles. The normalized spacial score (nSPS) is 13.8. The third-order valence-corrected chi connectivity index (χ3v) is 4.89. The molecule has 0 saturated heterocycles. The van der Waals surface area contributed by atoms with Gasteiger partial charge in [-0.15, -0.1) is 0 Å². The second-order valence-electron chi connectivity index (χ2n) is 6.46. The number of guanidine groups is 1. The monoisotopic (exact) mass is 336 g/mol. The van der Waals surface area contributed by atoms with Crippen molar-refractivity contribution in [2.24, 2.45) is 10.7 Å². The molecule has 4 nitrogen and oxygen atoms in total. The van der Waals surface area contributed by atoms with Crippen molar-refractivity contribution in [2.75, 3.05) is 24.5 Å². The van der Waals surface area contributed by atoms with Crippen LogP contribution in [0.15, 0.2) is 53.5 Å². The van der Waals surface area contributed by atoms with Crippen molar-refractivity contribution in [2.45, 2.75) is 33.4 Å². The molecule has 25 heavy (non-hydrogen) atoms. The lowest BCUT2D eigenvalue weighted by Gasteiger charge is -2.20. The molecule has 1 heterocycles. The molecule has 132 valence electrons. The van der Waals surface area contributed by atoms with E-state index >= 15 is 0 Å². The molecule has 4 heteroatoms. The first-order chi connectivity index (χ1) is 12.2. The first-order valence-corrected chi connectivity index (χ1v) is 9.16. The average Bonchev–Trinajstić information content (AvgIpc) is 3.05. The van der Waals surface area contributed by atoms with Crippen LogP contribution in [0.5, 0.6) is 0 Å². The van der Waals surface area contributed by atoms with E-state index in [4.69, 9.17) is 5.73 Å². The summed E-state index contributed by atoms with van der Waals surface area (Å²) in [6.07, 6.45) is 1.15. The van der Waals surface area contributed by atoms with E-state index < -0.39 is 0 Å². The Morgan fingerprint density at radius 1 is 1.04 bits per heavy atom. The predicted molar refractivity (Wildman–Crippen MR) is 106 cm³/mol. The van der Waals surface area contributed by atoms with E-state index in [-0.39, 0.29) is 0 Å². The van der Waals surface area contributed by atoms with Gasteiger partial charge in [-0.2, -0.15) is 0 Å². The highest BCUT2D eigenvalue weighted by atomic mass is 15.2. The van der Waals surface area contributed by atoms with Crippen LogP contribution in [0.2, 0.25) is 0 Å². The molecule has 2 aromatic rings. The van der Waals surface area contributed by atoms with Gasteiger partial charge in [0.05, 0.1) is 6.54 Å². The van der Waals surface area contributed by atoms with Gasteiger partial charge in [-0.25, -0.2) is 4.99 Å².